The van der Waals surface area contributed by atoms with Crippen LogP contribution in [0.3, 0.4) is 0 Å². The predicted molar refractivity (Wildman–Crippen MR) is 119 cm³/mol. The maximum atomic E-state index is 13.0. The molecule has 4 rings (SSSR count). The summed E-state index contributed by atoms with van der Waals surface area (Å²) in [6, 6.07) is 11.4. The molecule has 1 N–H and O–H groups in total. The molecule has 0 bridgehead atoms. The van der Waals surface area contributed by atoms with Crippen LogP contribution in [0.5, 0.6) is 0 Å². The quantitative estimate of drug-likeness (QED) is 0.764. The van der Waals surface area contributed by atoms with E-state index < -0.39 is 0 Å². The smallest absolute Gasteiger partial charge is 0.227 e. The topological polar surface area (TPSA) is 55.5 Å². The van der Waals surface area contributed by atoms with Gasteiger partial charge in [0, 0.05) is 38.6 Å². The maximum absolute atomic E-state index is 13.0. The normalized spacial score (nSPS) is 21.6. The van der Waals surface area contributed by atoms with E-state index in [0.717, 1.165) is 44.7 Å². The number of rotatable bonds is 7. The molecule has 2 aliphatic heterocycles. The van der Waals surface area contributed by atoms with Gasteiger partial charge in [0.15, 0.2) is 0 Å². The highest BCUT2D eigenvalue weighted by molar-refractivity contribution is 5.78. The van der Waals surface area contributed by atoms with Crippen molar-refractivity contribution >= 4 is 5.91 Å². The Kier molecular flexibility index (Phi) is 7.18. The average Bonchev–Trinajstić information content (AvgIpc) is 3.31. The molecule has 0 spiro atoms. The summed E-state index contributed by atoms with van der Waals surface area (Å²) in [6.45, 7) is 6.10. The molecule has 6 heteroatoms. The third-order valence-electron chi connectivity index (χ3n) is 6.75. The molecule has 3 heterocycles. The number of imidazole rings is 1. The van der Waals surface area contributed by atoms with Crippen LogP contribution < -0.4 is 0 Å². The number of nitrogens with zero attached hydrogens (tertiary/aromatic N) is 4. The lowest BCUT2D eigenvalue weighted by Crippen LogP contribution is -2.51. The van der Waals surface area contributed by atoms with E-state index >= 15 is 0 Å². The van der Waals surface area contributed by atoms with E-state index in [4.69, 9.17) is 0 Å². The molecule has 2 saturated heterocycles. The molecule has 0 aliphatic carbocycles. The van der Waals surface area contributed by atoms with Crippen LogP contribution in [0, 0.1) is 5.92 Å². The lowest BCUT2D eigenvalue weighted by atomic mass is 9.93. The van der Waals surface area contributed by atoms with Crippen LogP contribution in [-0.2, 0) is 17.8 Å². The van der Waals surface area contributed by atoms with Crippen molar-refractivity contribution in [2.24, 2.45) is 5.92 Å². The zero-order valence-electron chi connectivity index (χ0n) is 18.2. The van der Waals surface area contributed by atoms with E-state index in [1.54, 1.807) is 6.20 Å². The molecular weight excluding hydrogens is 374 g/mol. The van der Waals surface area contributed by atoms with Crippen LogP contribution in [0.25, 0.3) is 0 Å². The lowest BCUT2D eigenvalue weighted by Gasteiger charge is -2.42. The highest BCUT2D eigenvalue weighted by Gasteiger charge is 2.32. The Balaban J connectivity index is 1.22. The second-order valence-corrected chi connectivity index (χ2v) is 8.87. The van der Waals surface area contributed by atoms with Crippen LogP contribution in [-0.4, -0.2) is 76.4 Å². The molecule has 0 radical (unpaired) electrons. The van der Waals surface area contributed by atoms with Crippen molar-refractivity contribution in [3.8, 4) is 0 Å². The second-order valence-electron chi connectivity index (χ2n) is 8.87. The molecule has 6 nitrogen and oxygen atoms in total. The van der Waals surface area contributed by atoms with Gasteiger partial charge in [-0.2, -0.15) is 0 Å². The van der Waals surface area contributed by atoms with Crippen LogP contribution in [0.2, 0.25) is 0 Å². The highest BCUT2D eigenvalue weighted by atomic mass is 16.2. The first kappa shape index (κ1) is 21.1. The Morgan fingerprint density at radius 1 is 1.17 bits per heavy atom. The van der Waals surface area contributed by atoms with E-state index in [1.807, 2.05) is 18.1 Å². The van der Waals surface area contributed by atoms with Gasteiger partial charge in [0.05, 0.1) is 12.5 Å². The summed E-state index contributed by atoms with van der Waals surface area (Å²) in [5.41, 5.74) is 1.43. The molecule has 162 valence electrons. The summed E-state index contributed by atoms with van der Waals surface area (Å²) in [5, 5.41) is 0. The Morgan fingerprint density at radius 2 is 1.97 bits per heavy atom. The number of carbonyl (C=O) groups is 1. The summed E-state index contributed by atoms with van der Waals surface area (Å²) in [7, 11) is 1.90. The zero-order chi connectivity index (χ0) is 20.8. The minimum absolute atomic E-state index is 0.120. The number of H-pyrrole nitrogens is 1. The van der Waals surface area contributed by atoms with Gasteiger partial charge in [-0.25, -0.2) is 4.98 Å². The number of carbonyl (C=O) groups excluding carboxylic acids is 1. The van der Waals surface area contributed by atoms with Gasteiger partial charge in [0.25, 0.3) is 0 Å². The first-order chi connectivity index (χ1) is 14.7. The van der Waals surface area contributed by atoms with Crippen molar-refractivity contribution < 1.29 is 4.79 Å². The fraction of sp³-hybridized carbons (Fsp3) is 0.583. The van der Waals surface area contributed by atoms with Crippen LogP contribution in [0.1, 0.15) is 37.1 Å². The summed E-state index contributed by atoms with van der Waals surface area (Å²) in [6.07, 6.45) is 9.25. The third-order valence-corrected chi connectivity index (χ3v) is 6.75. The van der Waals surface area contributed by atoms with Crippen molar-refractivity contribution in [1.29, 1.82) is 0 Å². The first-order valence-electron chi connectivity index (χ1n) is 11.4. The van der Waals surface area contributed by atoms with E-state index in [-0.39, 0.29) is 11.8 Å². The molecule has 1 atom stereocenters. The minimum Gasteiger partial charge on any atom is -0.347 e. The number of aromatic nitrogens is 2. The van der Waals surface area contributed by atoms with E-state index in [2.05, 4.69) is 50.1 Å². The van der Waals surface area contributed by atoms with E-state index in [0.29, 0.717) is 12.6 Å². The SMILES string of the molecule is CN(Cc1ncc[nH]1)C(=O)C1CCCN(C2CCN(CCc3ccccc3)CC2)C1. The number of aromatic amines is 1. The number of amides is 1. The fourth-order valence-electron chi connectivity index (χ4n) is 4.98. The van der Waals surface area contributed by atoms with Crippen molar-refractivity contribution in [1.82, 2.24) is 24.7 Å². The summed E-state index contributed by atoms with van der Waals surface area (Å²) < 4.78 is 0. The largest absolute Gasteiger partial charge is 0.347 e. The molecule has 30 heavy (non-hydrogen) atoms. The first-order valence-corrected chi connectivity index (χ1v) is 11.4. The highest BCUT2D eigenvalue weighted by Crippen LogP contribution is 2.25. The van der Waals surface area contributed by atoms with Crippen LogP contribution >= 0.6 is 0 Å². The van der Waals surface area contributed by atoms with Gasteiger partial charge < -0.3 is 14.8 Å². The molecule has 1 aromatic heterocycles. The summed E-state index contributed by atoms with van der Waals surface area (Å²) in [5.74, 6) is 1.23. The maximum Gasteiger partial charge on any atom is 0.227 e. The third kappa shape index (κ3) is 5.49. The fourth-order valence-corrected chi connectivity index (χ4v) is 4.98. The Labute approximate surface area is 180 Å². The Morgan fingerprint density at radius 3 is 2.70 bits per heavy atom. The molecule has 1 aromatic carbocycles. The van der Waals surface area contributed by atoms with Gasteiger partial charge >= 0.3 is 0 Å². The van der Waals surface area contributed by atoms with Crippen molar-refractivity contribution in [2.45, 2.75) is 44.7 Å². The number of benzene rings is 1. The lowest BCUT2D eigenvalue weighted by molar-refractivity contribution is -0.137. The second kappa shape index (κ2) is 10.2. The van der Waals surface area contributed by atoms with Crippen molar-refractivity contribution in [3.05, 3.63) is 54.1 Å². The number of hydrogen-bond acceptors (Lipinski definition) is 4. The predicted octanol–water partition coefficient (Wildman–Crippen LogP) is 2.79. The van der Waals surface area contributed by atoms with Crippen molar-refractivity contribution in [3.63, 3.8) is 0 Å². The molecule has 2 aliphatic rings. The van der Waals surface area contributed by atoms with Crippen LogP contribution in [0.4, 0.5) is 0 Å². The van der Waals surface area contributed by atoms with Gasteiger partial charge in [-0.05, 0) is 57.3 Å². The van der Waals surface area contributed by atoms with Gasteiger partial charge in [0.2, 0.25) is 5.91 Å². The Bertz CT molecular complexity index is 770. The van der Waals surface area contributed by atoms with Crippen LogP contribution in [0.15, 0.2) is 42.7 Å². The monoisotopic (exact) mass is 409 g/mol. The summed E-state index contributed by atoms with van der Waals surface area (Å²) in [4.78, 5) is 27.3. The molecule has 2 fully saturated rings. The van der Waals surface area contributed by atoms with Gasteiger partial charge in [0.1, 0.15) is 5.82 Å². The van der Waals surface area contributed by atoms with E-state index in [1.165, 1.54) is 31.5 Å². The van der Waals surface area contributed by atoms with Gasteiger partial charge in [-0.15, -0.1) is 0 Å². The molecule has 0 saturated carbocycles. The zero-order valence-corrected chi connectivity index (χ0v) is 18.2. The van der Waals surface area contributed by atoms with E-state index in [9.17, 15) is 4.79 Å². The summed E-state index contributed by atoms with van der Waals surface area (Å²) >= 11 is 0. The van der Waals surface area contributed by atoms with Gasteiger partial charge in [-0.1, -0.05) is 30.3 Å². The number of likely N-dealkylation sites (tertiary alicyclic amines) is 2. The standard InChI is InChI=1S/C24H35N5O/c1-27(19-23-25-12-13-26-23)24(30)21-8-5-14-29(18-21)22-10-16-28(17-11-22)15-9-20-6-3-2-4-7-20/h2-4,6-7,12-13,21-22H,5,8-11,14-19H2,1H3,(H,25,26). The molecule has 1 unspecified atom stereocenters. The van der Waals surface area contributed by atoms with Crippen molar-refractivity contribution in [2.75, 3.05) is 39.8 Å². The Hall–Kier alpha value is -2.18. The number of piperidine rings is 2. The van der Waals surface area contributed by atoms with Gasteiger partial charge in [-0.3, -0.25) is 9.69 Å². The number of nitrogens with one attached hydrogen (secondary N) is 1. The molecule has 2 aromatic rings. The number of hydrogen-bond donors (Lipinski definition) is 1. The molecule has 1 amide bonds. The molecular formula is C24H35N5O. The minimum atomic E-state index is 0.120. The average molecular weight is 410 g/mol.